The van der Waals surface area contributed by atoms with Gasteiger partial charge in [-0.15, -0.1) is 0 Å². The van der Waals surface area contributed by atoms with Gasteiger partial charge in [-0.25, -0.2) is 0 Å². The normalized spacial score (nSPS) is 21.2. The quantitative estimate of drug-likeness (QED) is 0.560. The van der Waals surface area contributed by atoms with Crippen molar-refractivity contribution in [2.24, 2.45) is 5.92 Å². The number of ether oxygens (including phenoxy) is 2. The lowest BCUT2D eigenvalue weighted by atomic mass is 9.82. The summed E-state index contributed by atoms with van der Waals surface area (Å²) in [7, 11) is 1.69. The molecule has 2 aromatic rings. The van der Waals surface area contributed by atoms with Gasteiger partial charge in [0.15, 0.2) is 11.5 Å². The smallest absolute Gasteiger partial charge is 0.223 e. The van der Waals surface area contributed by atoms with Crippen molar-refractivity contribution in [3.8, 4) is 11.5 Å². The summed E-state index contributed by atoms with van der Waals surface area (Å²) in [6.07, 6.45) is 7.66. The summed E-state index contributed by atoms with van der Waals surface area (Å²) in [4.78, 5) is 12.7. The number of hydrogen-bond acceptors (Lipinski definition) is 4. The molecule has 0 radical (unpaired) electrons. The molecule has 2 aromatic carbocycles. The minimum atomic E-state index is -0.0310. The molecule has 5 heteroatoms. The Kier molecular flexibility index (Phi) is 7.56. The van der Waals surface area contributed by atoms with Gasteiger partial charge in [-0.2, -0.15) is 0 Å². The first kappa shape index (κ1) is 22.5. The van der Waals surface area contributed by atoms with E-state index in [1.54, 1.807) is 7.11 Å². The fourth-order valence-corrected chi connectivity index (χ4v) is 4.92. The molecule has 1 aliphatic carbocycles. The number of methoxy groups -OCH3 is 1. The number of piperidine rings is 1. The maximum atomic E-state index is 12.7. The number of rotatable bonds is 9. The summed E-state index contributed by atoms with van der Waals surface area (Å²) >= 11 is 0. The molecule has 4 rings (SSSR count). The molecule has 2 aliphatic rings. The predicted octanol–water partition coefficient (Wildman–Crippen LogP) is 5.30. The van der Waals surface area contributed by atoms with Crippen LogP contribution in [0.4, 0.5) is 5.69 Å². The second-order valence-electron chi connectivity index (χ2n) is 9.14. The van der Waals surface area contributed by atoms with Gasteiger partial charge in [0.05, 0.1) is 13.2 Å². The Bertz CT molecular complexity index is 908. The zero-order valence-electron chi connectivity index (χ0n) is 19.4. The van der Waals surface area contributed by atoms with E-state index < -0.39 is 0 Å². The first-order chi connectivity index (χ1) is 15.7. The van der Waals surface area contributed by atoms with E-state index in [9.17, 15) is 4.79 Å². The van der Waals surface area contributed by atoms with Gasteiger partial charge in [0, 0.05) is 30.6 Å². The first-order valence-corrected chi connectivity index (χ1v) is 12.1. The second-order valence-corrected chi connectivity index (χ2v) is 9.14. The number of hydrogen-bond donors (Lipinski definition) is 2. The van der Waals surface area contributed by atoms with Crippen molar-refractivity contribution in [3.05, 3.63) is 53.6 Å². The molecule has 0 spiro atoms. The van der Waals surface area contributed by atoms with Gasteiger partial charge < -0.3 is 20.1 Å². The predicted molar refractivity (Wildman–Crippen MR) is 129 cm³/mol. The van der Waals surface area contributed by atoms with Crippen LogP contribution in [0.25, 0.3) is 0 Å². The number of amides is 1. The van der Waals surface area contributed by atoms with Gasteiger partial charge in [-0.3, -0.25) is 4.79 Å². The second kappa shape index (κ2) is 10.8. The van der Waals surface area contributed by atoms with Crippen molar-refractivity contribution >= 4 is 11.6 Å². The number of anilines is 1. The lowest BCUT2D eigenvalue weighted by molar-refractivity contribution is -0.126. The summed E-state index contributed by atoms with van der Waals surface area (Å²) in [6.45, 7) is 3.79. The van der Waals surface area contributed by atoms with Crippen molar-refractivity contribution in [1.82, 2.24) is 5.32 Å². The molecule has 32 heavy (non-hydrogen) atoms. The van der Waals surface area contributed by atoms with Crippen molar-refractivity contribution in [2.75, 3.05) is 25.5 Å². The van der Waals surface area contributed by atoms with Crippen LogP contribution in [-0.2, 0) is 11.2 Å². The van der Waals surface area contributed by atoms with Crippen LogP contribution in [0.2, 0.25) is 0 Å². The van der Waals surface area contributed by atoms with Crippen molar-refractivity contribution in [1.29, 1.82) is 0 Å². The fourth-order valence-electron chi connectivity index (χ4n) is 4.92. The maximum Gasteiger partial charge on any atom is 0.223 e. The molecular formula is C27H36N2O3. The number of carbonyl (C=O) groups excluding carboxylic acids is 1. The Balaban J connectivity index is 1.46. The Morgan fingerprint density at radius 2 is 1.94 bits per heavy atom. The van der Waals surface area contributed by atoms with Gasteiger partial charge in [-0.05, 0) is 80.3 Å². The number of carbonyl (C=O) groups is 1. The number of nitrogens with one attached hydrogen (secondary N) is 2. The third kappa shape index (κ3) is 5.56. The van der Waals surface area contributed by atoms with Crippen LogP contribution in [0.5, 0.6) is 11.5 Å². The van der Waals surface area contributed by atoms with Crippen LogP contribution in [-0.4, -0.2) is 32.2 Å². The van der Waals surface area contributed by atoms with Crippen molar-refractivity contribution < 1.29 is 14.3 Å². The molecule has 1 aliphatic heterocycles. The van der Waals surface area contributed by atoms with Crippen LogP contribution in [0.15, 0.2) is 42.5 Å². The van der Waals surface area contributed by atoms with Crippen LogP contribution < -0.4 is 20.1 Å². The topological polar surface area (TPSA) is 59.6 Å². The molecule has 2 atom stereocenters. The van der Waals surface area contributed by atoms with Crippen LogP contribution in [0.3, 0.4) is 0 Å². The molecule has 2 N–H and O–H groups in total. The lowest BCUT2D eigenvalue weighted by Gasteiger charge is -2.30. The van der Waals surface area contributed by atoms with Crippen LogP contribution >= 0.6 is 0 Å². The fraction of sp³-hybridized carbons (Fsp3) is 0.519. The van der Waals surface area contributed by atoms with E-state index in [1.807, 2.05) is 6.07 Å². The molecule has 0 aromatic heterocycles. The monoisotopic (exact) mass is 436 g/mol. The third-order valence-corrected chi connectivity index (χ3v) is 6.71. The molecule has 2 fully saturated rings. The Labute approximate surface area is 191 Å². The highest BCUT2D eigenvalue weighted by Gasteiger charge is 2.30. The third-order valence-electron chi connectivity index (χ3n) is 6.71. The zero-order chi connectivity index (χ0) is 22.3. The van der Waals surface area contributed by atoms with E-state index >= 15 is 0 Å². The zero-order valence-corrected chi connectivity index (χ0v) is 19.4. The summed E-state index contributed by atoms with van der Waals surface area (Å²) in [5.74, 6) is 2.02. The molecule has 1 heterocycles. The SMILES string of the molecule is CCCNc1cccc(C[C@@H]2C[C@@H](c3ccc(OC)c(OC4CCCC4)c3)CNC2=O)c1. The molecule has 0 bridgehead atoms. The van der Waals surface area contributed by atoms with Gasteiger partial charge >= 0.3 is 0 Å². The summed E-state index contributed by atoms with van der Waals surface area (Å²) < 4.78 is 11.9. The average molecular weight is 437 g/mol. The van der Waals surface area contributed by atoms with Crippen LogP contribution in [0.1, 0.15) is 62.5 Å². The minimum absolute atomic E-state index is 0.0310. The van der Waals surface area contributed by atoms with Gasteiger partial charge in [0.1, 0.15) is 0 Å². The molecule has 5 nitrogen and oxygen atoms in total. The standard InChI is InChI=1S/C27H36N2O3/c1-3-13-28-23-8-6-7-19(15-23)14-21-16-22(18-29-27(21)30)20-11-12-25(31-2)26(17-20)32-24-9-4-5-10-24/h6-8,11-12,15,17,21-22,24,28H,3-5,9-10,13-14,16,18H2,1-2H3,(H,29,30)/t21-,22-/m1/s1. The van der Waals surface area contributed by atoms with Crippen LogP contribution in [0, 0.1) is 5.92 Å². The van der Waals surface area contributed by atoms with E-state index in [0.717, 1.165) is 55.8 Å². The Morgan fingerprint density at radius 3 is 2.72 bits per heavy atom. The highest BCUT2D eigenvalue weighted by molar-refractivity contribution is 5.80. The first-order valence-electron chi connectivity index (χ1n) is 12.1. The maximum absolute atomic E-state index is 12.7. The average Bonchev–Trinajstić information content (AvgIpc) is 3.32. The molecule has 1 saturated carbocycles. The van der Waals surface area contributed by atoms with E-state index in [-0.39, 0.29) is 23.8 Å². The highest BCUT2D eigenvalue weighted by Crippen LogP contribution is 2.37. The molecule has 1 amide bonds. The molecule has 0 unspecified atom stereocenters. The largest absolute Gasteiger partial charge is 0.493 e. The minimum Gasteiger partial charge on any atom is -0.493 e. The van der Waals surface area contributed by atoms with E-state index in [0.29, 0.717) is 6.54 Å². The van der Waals surface area contributed by atoms with Gasteiger partial charge in [0.25, 0.3) is 0 Å². The summed E-state index contributed by atoms with van der Waals surface area (Å²) in [5.41, 5.74) is 3.54. The molecule has 172 valence electrons. The molecule has 1 saturated heterocycles. The van der Waals surface area contributed by atoms with Crippen molar-refractivity contribution in [2.45, 2.75) is 63.9 Å². The highest BCUT2D eigenvalue weighted by atomic mass is 16.5. The Morgan fingerprint density at radius 1 is 1.09 bits per heavy atom. The number of benzene rings is 2. The van der Waals surface area contributed by atoms with E-state index in [4.69, 9.17) is 9.47 Å². The van der Waals surface area contributed by atoms with Gasteiger partial charge in [-0.1, -0.05) is 25.1 Å². The Hall–Kier alpha value is -2.69. The summed E-state index contributed by atoms with van der Waals surface area (Å²) in [5, 5.41) is 6.58. The lowest BCUT2D eigenvalue weighted by Crippen LogP contribution is -2.41. The molecular weight excluding hydrogens is 400 g/mol. The van der Waals surface area contributed by atoms with Gasteiger partial charge in [0.2, 0.25) is 5.91 Å². The summed E-state index contributed by atoms with van der Waals surface area (Å²) in [6, 6.07) is 14.7. The van der Waals surface area contributed by atoms with E-state index in [1.165, 1.54) is 24.0 Å². The van der Waals surface area contributed by atoms with E-state index in [2.05, 4.69) is 54.0 Å². The van der Waals surface area contributed by atoms with Crippen molar-refractivity contribution in [3.63, 3.8) is 0 Å².